The van der Waals surface area contributed by atoms with Crippen LogP contribution >= 0.6 is 0 Å². The van der Waals surface area contributed by atoms with Gasteiger partial charge in [0.2, 0.25) is 10.0 Å². The van der Waals surface area contributed by atoms with Gasteiger partial charge in [0.15, 0.2) is 0 Å². The van der Waals surface area contributed by atoms with Gasteiger partial charge in [-0.2, -0.15) is 4.31 Å². The van der Waals surface area contributed by atoms with Crippen molar-refractivity contribution in [1.29, 1.82) is 0 Å². The van der Waals surface area contributed by atoms with E-state index < -0.39 is 10.0 Å². The molecule has 3 aliphatic heterocycles. The Bertz CT molecular complexity index is 1170. The van der Waals surface area contributed by atoms with E-state index in [2.05, 4.69) is 53.9 Å². The number of sulfonamides is 1. The van der Waals surface area contributed by atoms with Crippen molar-refractivity contribution in [2.24, 2.45) is 0 Å². The number of hydrogen-bond acceptors (Lipinski definition) is 3. The van der Waals surface area contributed by atoms with E-state index in [0.29, 0.717) is 23.9 Å². The zero-order valence-electron chi connectivity index (χ0n) is 17.5. The van der Waals surface area contributed by atoms with E-state index >= 15 is 0 Å². The first-order chi connectivity index (χ1) is 15.0. The minimum absolute atomic E-state index is 0.157. The van der Waals surface area contributed by atoms with E-state index in [1.54, 1.807) is 16.4 Å². The van der Waals surface area contributed by atoms with Gasteiger partial charge < -0.3 is 5.32 Å². The molecular weight excluding hydrogens is 404 g/mol. The summed E-state index contributed by atoms with van der Waals surface area (Å²) in [6, 6.07) is 26.3. The second kappa shape index (κ2) is 8.08. The molecule has 3 aliphatic rings. The minimum Gasteiger partial charge on any atom is -0.307 e. The first-order valence-electron chi connectivity index (χ1n) is 10.7. The molecule has 2 bridgehead atoms. The van der Waals surface area contributed by atoms with Gasteiger partial charge in [-0.1, -0.05) is 84.4 Å². The third-order valence-corrected chi connectivity index (χ3v) is 8.19. The van der Waals surface area contributed by atoms with Crippen molar-refractivity contribution in [3.8, 4) is 0 Å². The van der Waals surface area contributed by atoms with Gasteiger partial charge in [-0.15, -0.1) is 0 Å². The van der Waals surface area contributed by atoms with E-state index in [0.717, 1.165) is 11.1 Å². The van der Waals surface area contributed by atoms with Crippen molar-refractivity contribution in [1.82, 2.24) is 9.62 Å². The van der Waals surface area contributed by atoms with Crippen LogP contribution in [-0.2, 0) is 10.0 Å². The summed E-state index contributed by atoms with van der Waals surface area (Å²) in [7, 11) is -3.44. The lowest BCUT2D eigenvalue weighted by atomic mass is 9.75. The second-order valence-corrected chi connectivity index (χ2v) is 10.4. The van der Waals surface area contributed by atoms with Crippen LogP contribution in [0.15, 0.2) is 83.8 Å². The van der Waals surface area contributed by atoms with Gasteiger partial charge in [0.1, 0.15) is 0 Å². The normalized spacial score (nSPS) is 23.6. The highest BCUT2D eigenvalue weighted by atomic mass is 32.2. The van der Waals surface area contributed by atoms with Crippen molar-refractivity contribution in [3.05, 3.63) is 101 Å². The molecule has 0 spiro atoms. The largest absolute Gasteiger partial charge is 0.307 e. The van der Waals surface area contributed by atoms with E-state index in [1.165, 1.54) is 11.1 Å². The van der Waals surface area contributed by atoms with Gasteiger partial charge in [0, 0.05) is 31.1 Å². The van der Waals surface area contributed by atoms with Gasteiger partial charge in [-0.25, -0.2) is 8.42 Å². The standard InChI is InChI=1S/C26H26N2O2S/c1-19-7-15-23(16-8-19)31(29,30)28-17-24-26(25(18-28)27-24)22-13-11-21(12-14-22)10-9-20-5-3-2-4-6-20/h2-16,24-27H,17-18H2,1H3/b10-9+/t24-,25+,26?. The zero-order chi connectivity index (χ0) is 21.4. The number of fused-ring (bicyclic) bond motifs is 2. The molecule has 158 valence electrons. The molecule has 0 aliphatic carbocycles. The fraction of sp³-hybridized carbons (Fsp3) is 0.231. The SMILES string of the molecule is Cc1ccc(S(=O)(=O)N2C[C@@H]3N[C@H](C2)C3c2ccc(/C=C/c3ccccc3)cc2)cc1. The molecule has 5 heteroatoms. The van der Waals surface area contributed by atoms with Gasteiger partial charge in [0.25, 0.3) is 0 Å². The average Bonchev–Trinajstić information content (AvgIpc) is 2.79. The van der Waals surface area contributed by atoms with Crippen LogP contribution in [0.25, 0.3) is 12.2 Å². The van der Waals surface area contributed by atoms with Crippen LogP contribution in [0.1, 0.15) is 28.2 Å². The van der Waals surface area contributed by atoms with Crippen molar-refractivity contribution in [2.75, 3.05) is 13.1 Å². The number of nitrogens with zero attached hydrogens (tertiary/aromatic N) is 1. The third-order valence-electron chi connectivity index (χ3n) is 6.34. The molecule has 3 heterocycles. The number of piperazine rings is 1. The summed E-state index contributed by atoms with van der Waals surface area (Å²) in [6.07, 6.45) is 4.23. The summed E-state index contributed by atoms with van der Waals surface area (Å²) >= 11 is 0. The molecule has 0 amide bonds. The Kier molecular flexibility index (Phi) is 5.26. The molecule has 0 saturated carbocycles. The second-order valence-electron chi connectivity index (χ2n) is 8.45. The predicted octanol–water partition coefficient (Wildman–Crippen LogP) is 4.29. The molecular formula is C26H26N2O2S. The number of aryl methyl sites for hydroxylation is 1. The monoisotopic (exact) mass is 430 g/mol. The molecule has 0 aromatic heterocycles. The van der Waals surface area contributed by atoms with E-state index in [-0.39, 0.29) is 12.1 Å². The number of benzene rings is 3. The smallest absolute Gasteiger partial charge is 0.243 e. The van der Waals surface area contributed by atoms with Crippen molar-refractivity contribution in [2.45, 2.75) is 29.8 Å². The van der Waals surface area contributed by atoms with Gasteiger partial charge in [-0.3, -0.25) is 0 Å². The molecule has 3 aromatic carbocycles. The summed E-state index contributed by atoms with van der Waals surface area (Å²) in [5.74, 6) is 0.358. The van der Waals surface area contributed by atoms with Crippen molar-refractivity contribution >= 4 is 22.2 Å². The van der Waals surface area contributed by atoms with Crippen molar-refractivity contribution in [3.63, 3.8) is 0 Å². The van der Waals surface area contributed by atoms with Gasteiger partial charge in [-0.05, 0) is 35.7 Å². The Morgan fingerprint density at radius 3 is 2.00 bits per heavy atom. The maximum absolute atomic E-state index is 13.0. The number of rotatable bonds is 5. The molecule has 6 rings (SSSR count). The Labute approximate surface area is 184 Å². The Balaban J connectivity index is 1.27. The fourth-order valence-corrected chi connectivity index (χ4v) is 6.09. The number of nitrogens with one attached hydrogen (secondary N) is 1. The molecule has 3 atom stereocenters. The van der Waals surface area contributed by atoms with Gasteiger partial charge in [0.05, 0.1) is 4.90 Å². The lowest BCUT2D eigenvalue weighted by molar-refractivity contribution is 0.102. The van der Waals surface area contributed by atoms with Crippen LogP contribution in [0.4, 0.5) is 0 Å². The molecule has 1 unspecified atom stereocenters. The maximum atomic E-state index is 13.0. The van der Waals surface area contributed by atoms with Crippen LogP contribution < -0.4 is 5.32 Å². The molecule has 1 N–H and O–H groups in total. The highest BCUT2D eigenvalue weighted by Crippen LogP contribution is 2.38. The maximum Gasteiger partial charge on any atom is 0.243 e. The van der Waals surface area contributed by atoms with Crippen LogP contribution in [0.3, 0.4) is 0 Å². The minimum atomic E-state index is -3.44. The average molecular weight is 431 g/mol. The highest BCUT2D eigenvalue weighted by molar-refractivity contribution is 7.89. The predicted molar refractivity (Wildman–Crippen MR) is 125 cm³/mol. The third kappa shape index (κ3) is 3.97. The summed E-state index contributed by atoms with van der Waals surface area (Å²) in [4.78, 5) is 0.380. The quantitative estimate of drug-likeness (QED) is 0.614. The fourth-order valence-electron chi connectivity index (χ4n) is 4.60. The molecule has 31 heavy (non-hydrogen) atoms. The first-order valence-corrected chi connectivity index (χ1v) is 12.1. The Hall–Kier alpha value is -2.73. The zero-order valence-corrected chi connectivity index (χ0v) is 18.3. The van der Waals surface area contributed by atoms with Crippen molar-refractivity contribution < 1.29 is 8.42 Å². The number of hydrogen-bond donors (Lipinski definition) is 1. The molecule has 3 aromatic rings. The molecule has 0 radical (unpaired) electrons. The number of piperidine rings is 1. The Morgan fingerprint density at radius 2 is 1.39 bits per heavy atom. The highest BCUT2D eigenvalue weighted by Gasteiger charge is 2.49. The lowest BCUT2D eigenvalue weighted by Crippen LogP contribution is -2.72. The van der Waals surface area contributed by atoms with E-state index in [1.807, 2.05) is 37.3 Å². The Morgan fingerprint density at radius 1 is 0.806 bits per heavy atom. The molecule has 3 saturated heterocycles. The summed E-state index contributed by atoms with van der Waals surface area (Å²) in [5, 5.41) is 3.53. The van der Waals surface area contributed by atoms with E-state index in [9.17, 15) is 8.42 Å². The first kappa shape index (κ1) is 20.2. The van der Waals surface area contributed by atoms with Crippen LogP contribution in [0.5, 0.6) is 0 Å². The molecule has 3 fully saturated rings. The van der Waals surface area contributed by atoms with E-state index in [4.69, 9.17) is 0 Å². The topological polar surface area (TPSA) is 49.4 Å². The van der Waals surface area contributed by atoms with Crippen LogP contribution in [0, 0.1) is 6.92 Å². The molecule has 4 nitrogen and oxygen atoms in total. The lowest BCUT2D eigenvalue weighted by Gasteiger charge is -2.54. The van der Waals surface area contributed by atoms with Crippen LogP contribution in [0.2, 0.25) is 0 Å². The summed E-state index contributed by atoms with van der Waals surface area (Å²) in [5.41, 5.74) is 4.68. The summed E-state index contributed by atoms with van der Waals surface area (Å²) in [6.45, 7) is 2.98. The summed E-state index contributed by atoms with van der Waals surface area (Å²) < 4.78 is 27.7. The van der Waals surface area contributed by atoms with Gasteiger partial charge >= 0.3 is 0 Å². The van der Waals surface area contributed by atoms with Crippen LogP contribution in [-0.4, -0.2) is 37.9 Å².